The van der Waals surface area contributed by atoms with Crippen molar-refractivity contribution < 1.29 is 14.3 Å². The molecule has 0 bridgehead atoms. The molecule has 0 aliphatic rings. The summed E-state index contributed by atoms with van der Waals surface area (Å²) in [6.45, 7) is 5.23. The van der Waals surface area contributed by atoms with E-state index in [2.05, 4.69) is 12.2 Å². The Morgan fingerprint density at radius 1 is 1.29 bits per heavy atom. The van der Waals surface area contributed by atoms with Gasteiger partial charge in [-0.15, -0.1) is 0 Å². The minimum atomic E-state index is -0.274. The van der Waals surface area contributed by atoms with Crippen LogP contribution >= 0.6 is 0 Å². The summed E-state index contributed by atoms with van der Waals surface area (Å²) >= 11 is 0. The number of hydrogen-bond donors (Lipinski definition) is 2. The molecule has 0 saturated carbocycles. The molecule has 0 spiro atoms. The van der Waals surface area contributed by atoms with Gasteiger partial charge in [0, 0.05) is 13.0 Å². The van der Waals surface area contributed by atoms with Crippen LogP contribution in [-0.2, 0) is 14.3 Å². The Morgan fingerprint density at radius 3 is 2.59 bits per heavy atom. The number of amides is 1. The number of nitrogens with two attached hydrogens (primary N) is 1. The molecule has 0 aromatic heterocycles. The third-order valence-corrected chi connectivity index (χ3v) is 2.48. The number of carbonyl (C=O) groups excluding carboxylic acids is 2. The van der Waals surface area contributed by atoms with Crippen LogP contribution < -0.4 is 11.1 Å². The number of esters is 1. The fourth-order valence-electron chi connectivity index (χ4n) is 1.43. The van der Waals surface area contributed by atoms with E-state index in [0.29, 0.717) is 32.0 Å². The van der Waals surface area contributed by atoms with Crippen LogP contribution in [0.3, 0.4) is 0 Å². The highest BCUT2D eigenvalue weighted by Gasteiger charge is 2.07. The van der Waals surface area contributed by atoms with E-state index < -0.39 is 0 Å². The molecule has 1 amide bonds. The zero-order valence-corrected chi connectivity index (χ0v) is 10.8. The number of ether oxygens (including phenoxy) is 1. The molecule has 1 unspecified atom stereocenters. The Labute approximate surface area is 103 Å². The van der Waals surface area contributed by atoms with Crippen molar-refractivity contribution in [2.45, 2.75) is 39.5 Å². The topological polar surface area (TPSA) is 81.4 Å². The van der Waals surface area contributed by atoms with Crippen molar-refractivity contribution in [3.63, 3.8) is 0 Å². The molecule has 3 N–H and O–H groups in total. The monoisotopic (exact) mass is 244 g/mol. The maximum absolute atomic E-state index is 11.4. The van der Waals surface area contributed by atoms with Crippen molar-refractivity contribution in [3.05, 3.63) is 0 Å². The molecule has 5 heteroatoms. The second kappa shape index (κ2) is 10.1. The lowest BCUT2D eigenvalue weighted by Crippen LogP contribution is -2.26. The first-order chi connectivity index (χ1) is 8.10. The van der Waals surface area contributed by atoms with Gasteiger partial charge in [0.05, 0.1) is 13.0 Å². The van der Waals surface area contributed by atoms with Gasteiger partial charge in [-0.05, 0) is 32.2 Å². The van der Waals surface area contributed by atoms with Crippen LogP contribution in [0.1, 0.15) is 39.5 Å². The molecule has 0 heterocycles. The number of hydrogen-bond acceptors (Lipinski definition) is 4. The third kappa shape index (κ3) is 9.81. The zero-order chi connectivity index (χ0) is 13.1. The lowest BCUT2D eigenvalue weighted by atomic mass is 10.0. The highest BCUT2D eigenvalue weighted by atomic mass is 16.5. The van der Waals surface area contributed by atoms with Crippen LogP contribution in [0, 0.1) is 5.92 Å². The average molecular weight is 244 g/mol. The van der Waals surface area contributed by atoms with Crippen LogP contribution in [-0.4, -0.2) is 31.6 Å². The van der Waals surface area contributed by atoms with Crippen LogP contribution in [0.5, 0.6) is 0 Å². The van der Waals surface area contributed by atoms with Crippen molar-refractivity contribution in [1.29, 1.82) is 0 Å². The maximum Gasteiger partial charge on any atom is 0.307 e. The van der Waals surface area contributed by atoms with Crippen molar-refractivity contribution in [3.8, 4) is 0 Å². The van der Waals surface area contributed by atoms with E-state index in [0.717, 1.165) is 12.8 Å². The van der Waals surface area contributed by atoms with E-state index in [1.807, 2.05) is 0 Å². The first-order valence-electron chi connectivity index (χ1n) is 6.22. The predicted molar refractivity (Wildman–Crippen MR) is 66.3 cm³/mol. The first-order valence-corrected chi connectivity index (χ1v) is 6.22. The summed E-state index contributed by atoms with van der Waals surface area (Å²) < 4.78 is 4.75. The molecule has 5 nitrogen and oxygen atoms in total. The van der Waals surface area contributed by atoms with Crippen molar-refractivity contribution in [2.75, 3.05) is 19.7 Å². The molecule has 1 atom stereocenters. The van der Waals surface area contributed by atoms with E-state index in [-0.39, 0.29) is 18.3 Å². The molecular formula is C12H24N2O3. The van der Waals surface area contributed by atoms with E-state index in [1.54, 1.807) is 6.92 Å². The molecular weight excluding hydrogens is 220 g/mol. The van der Waals surface area contributed by atoms with Gasteiger partial charge in [0.15, 0.2) is 0 Å². The SMILES string of the molecule is CCOC(=O)CCNC(=O)CCC(C)CCN. The first kappa shape index (κ1) is 15.9. The van der Waals surface area contributed by atoms with Crippen LogP contribution in [0.2, 0.25) is 0 Å². The fourth-order valence-corrected chi connectivity index (χ4v) is 1.43. The molecule has 100 valence electrons. The lowest BCUT2D eigenvalue weighted by Gasteiger charge is -2.09. The van der Waals surface area contributed by atoms with Crippen molar-refractivity contribution in [2.24, 2.45) is 11.7 Å². The Morgan fingerprint density at radius 2 is 2.00 bits per heavy atom. The lowest BCUT2D eigenvalue weighted by molar-refractivity contribution is -0.143. The quantitative estimate of drug-likeness (QED) is 0.588. The van der Waals surface area contributed by atoms with Gasteiger partial charge in [0.25, 0.3) is 0 Å². The molecule has 0 saturated heterocycles. The van der Waals surface area contributed by atoms with E-state index in [4.69, 9.17) is 10.5 Å². The minimum absolute atomic E-state index is 0.0156. The van der Waals surface area contributed by atoms with Gasteiger partial charge in [-0.2, -0.15) is 0 Å². The summed E-state index contributed by atoms with van der Waals surface area (Å²) in [5.74, 6) is 0.179. The van der Waals surface area contributed by atoms with Gasteiger partial charge in [-0.3, -0.25) is 9.59 Å². The highest BCUT2D eigenvalue weighted by Crippen LogP contribution is 2.08. The smallest absolute Gasteiger partial charge is 0.307 e. The standard InChI is InChI=1S/C12H24N2O3/c1-3-17-12(16)7-9-14-11(15)5-4-10(2)6-8-13/h10H,3-9,13H2,1-2H3,(H,14,15). The zero-order valence-electron chi connectivity index (χ0n) is 10.8. The summed E-state index contributed by atoms with van der Waals surface area (Å²) in [5, 5.41) is 2.70. The number of nitrogens with one attached hydrogen (secondary N) is 1. The molecule has 0 radical (unpaired) electrons. The molecule has 0 fully saturated rings. The molecule has 0 aromatic carbocycles. The molecule has 0 aliphatic carbocycles. The second-order valence-corrected chi connectivity index (χ2v) is 4.13. The largest absolute Gasteiger partial charge is 0.466 e. The predicted octanol–water partition coefficient (Wildman–Crippen LogP) is 0.821. The molecule has 17 heavy (non-hydrogen) atoms. The Kier molecular flexibility index (Phi) is 9.43. The summed E-state index contributed by atoms with van der Waals surface area (Å²) in [5.41, 5.74) is 5.43. The normalized spacial score (nSPS) is 11.9. The molecule has 0 rings (SSSR count). The Balaban J connectivity index is 3.49. The fraction of sp³-hybridized carbons (Fsp3) is 0.833. The van der Waals surface area contributed by atoms with E-state index >= 15 is 0 Å². The van der Waals surface area contributed by atoms with Crippen molar-refractivity contribution >= 4 is 11.9 Å². The third-order valence-electron chi connectivity index (χ3n) is 2.48. The van der Waals surface area contributed by atoms with E-state index in [1.165, 1.54) is 0 Å². The van der Waals surface area contributed by atoms with Gasteiger partial charge < -0.3 is 15.8 Å². The summed E-state index contributed by atoms with van der Waals surface area (Å²) in [4.78, 5) is 22.4. The van der Waals surface area contributed by atoms with Crippen LogP contribution in [0.15, 0.2) is 0 Å². The summed E-state index contributed by atoms with van der Waals surface area (Å²) in [6, 6.07) is 0. The van der Waals surface area contributed by atoms with Crippen LogP contribution in [0.25, 0.3) is 0 Å². The molecule has 0 aliphatic heterocycles. The van der Waals surface area contributed by atoms with Gasteiger partial charge in [-0.25, -0.2) is 0 Å². The highest BCUT2D eigenvalue weighted by molar-refractivity contribution is 5.77. The van der Waals surface area contributed by atoms with Gasteiger partial charge >= 0.3 is 5.97 Å². The summed E-state index contributed by atoms with van der Waals surface area (Å²) in [6.07, 6.45) is 2.50. The average Bonchev–Trinajstić information content (AvgIpc) is 2.27. The van der Waals surface area contributed by atoms with Gasteiger partial charge in [0.1, 0.15) is 0 Å². The van der Waals surface area contributed by atoms with E-state index in [9.17, 15) is 9.59 Å². The van der Waals surface area contributed by atoms with Crippen LogP contribution in [0.4, 0.5) is 0 Å². The Bertz CT molecular complexity index is 232. The maximum atomic E-state index is 11.4. The minimum Gasteiger partial charge on any atom is -0.466 e. The molecule has 0 aromatic rings. The summed E-state index contributed by atoms with van der Waals surface area (Å²) in [7, 11) is 0. The second-order valence-electron chi connectivity index (χ2n) is 4.13. The number of rotatable bonds is 9. The van der Waals surface area contributed by atoms with Crippen molar-refractivity contribution in [1.82, 2.24) is 5.32 Å². The van der Waals surface area contributed by atoms with Gasteiger partial charge in [0.2, 0.25) is 5.91 Å². The Hall–Kier alpha value is -1.10. The number of carbonyl (C=O) groups is 2. The van der Waals surface area contributed by atoms with Gasteiger partial charge in [-0.1, -0.05) is 6.92 Å².